The number of benzene rings is 2. The van der Waals surface area contributed by atoms with Gasteiger partial charge in [0.2, 0.25) is 0 Å². The first-order valence-corrected chi connectivity index (χ1v) is 7.51. The zero-order valence-electron chi connectivity index (χ0n) is 12.7. The van der Waals surface area contributed by atoms with E-state index in [2.05, 4.69) is 86.8 Å². The van der Waals surface area contributed by atoms with Crippen molar-refractivity contribution in [1.82, 2.24) is 5.32 Å². The van der Waals surface area contributed by atoms with E-state index in [4.69, 9.17) is 0 Å². The van der Waals surface area contributed by atoms with Gasteiger partial charge in [-0.05, 0) is 30.5 Å². The molecule has 0 spiro atoms. The van der Waals surface area contributed by atoms with Gasteiger partial charge in [-0.1, -0.05) is 74.5 Å². The summed E-state index contributed by atoms with van der Waals surface area (Å²) < 4.78 is 0. The third kappa shape index (κ3) is 3.94. The first kappa shape index (κ1) is 14.8. The largest absolute Gasteiger partial charge is 0.313 e. The summed E-state index contributed by atoms with van der Waals surface area (Å²) >= 11 is 0. The standard InChI is InChI=1S/C19H25N/c1-15(2)14-20-16(3)19(17-10-6-4-7-11-17)18-12-8-5-9-13-18/h4-13,15-16,19-20H,14H2,1-3H3. The second kappa shape index (κ2) is 7.25. The van der Waals surface area contributed by atoms with Crippen LogP contribution < -0.4 is 5.32 Å². The summed E-state index contributed by atoms with van der Waals surface area (Å²) in [6.07, 6.45) is 0. The lowest BCUT2D eigenvalue weighted by atomic mass is 9.85. The molecule has 1 heteroatoms. The minimum atomic E-state index is 0.399. The Kier molecular flexibility index (Phi) is 5.37. The molecule has 0 radical (unpaired) electrons. The molecule has 0 amide bonds. The molecule has 0 aliphatic rings. The lowest BCUT2D eigenvalue weighted by Crippen LogP contribution is -2.35. The Bertz CT molecular complexity index is 450. The summed E-state index contributed by atoms with van der Waals surface area (Å²) in [7, 11) is 0. The minimum Gasteiger partial charge on any atom is -0.313 e. The first-order chi connectivity index (χ1) is 9.68. The topological polar surface area (TPSA) is 12.0 Å². The highest BCUT2D eigenvalue weighted by atomic mass is 14.9. The number of nitrogens with one attached hydrogen (secondary N) is 1. The fraction of sp³-hybridized carbons (Fsp3) is 0.368. The molecule has 1 unspecified atom stereocenters. The van der Waals surface area contributed by atoms with Crippen LogP contribution in [0.15, 0.2) is 60.7 Å². The molecule has 0 bridgehead atoms. The van der Waals surface area contributed by atoms with E-state index < -0.39 is 0 Å². The van der Waals surface area contributed by atoms with Crippen LogP contribution in [0.2, 0.25) is 0 Å². The molecule has 2 rings (SSSR count). The van der Waals surface area contributed by atoms with Gasteiger partial charge < -0.3 is 5.32 Å². The quantitative estimate of drug-likeness (QED) is 0.815. The van der Waals surface area contributed by atoms with Crippen LogP contribution in [0, 0.1) is 5.92 Å². The van der Waals surface area contributed by atoms with E-state index in [0.717, 1.165) is 6.54 Å². The second-order valence-corrected chi connectivity index (χ2v) is 5.89. The van der Waals surface area contributed by atoms with Crippen LogP contribution in [0.4, 0.5) is 0 Å². The van der Waals surface area contributed by atoms with Gasteiger partial charge in [0.25, 0.3) is 0 Å². The van der Waals surface area contributed by atoms with E-state index in [9.17, 15) is 0 Å². The van der Waals surface area contributed by atoms with Gasteiger partial charge in [0, 0.05) is 12.0 Å². The summed E-state index contributed by atoms with van der Waals surface area (Å²) in [6, 6.07) is 22.0. The summed E-state index contributed by atoms with van der Waals surface area (Å²) in [6.45, 7) is 7.84. The molecule has 1 N–H and O–H groups in total. The highest BCUT2D eigenvalue weighted by Gasteiger charge is 2.20. The molecule has 0 aromatic heterocycles. The van der Waals surface area contributed by atoms with Crippen molar-refractivity contribution < 1.29 is 0 Å². The molecular formula is C19H25N. The van der Waals surface area contributed by atoms with Crippen molar-refractivity contribution in [3.8, 4) is 0 Å². The third-order valence-electron chi connectivity index (χ3n) is 3.67. The molecule has 0 heterocycles. The van der Waals surface area contributed by atoms with E-state index >= 15 is 0 Å². The van der Waals surface area contributed by atoms with Gasteiger partial charge in [0.05, 0.1) is 0 Å². The van der Waals surface area contributed by atoms with E-state index in [1.165, 1.54) is 11.1 Å². The average Bonchev–Trinajstić information content (AvgIpc) is 2.48. The Morgan fingerprint density at radius 2 is 1.20 bits per heavy atom. The van der Waals surface area contributed by atoms with Crippen molar-refractivity contribution in [3.05, 3.63) is 71.8 Å². The Morgan fingerprint density at radius 1 is 0.750 bits per heavy atom. The SMILES string of the molecule is CC(C)CNC(C)C(c1ccccc1)c1ccccc1. The lowest BCUT2D eigenvalue weighted by Gasteiger charge is -2.27. The van der Waals surface area contributed by atoms with E-state index in [0.29, 0.717) is 17.9 Å². The highest BCUT2D eigenvalue weighted by Crippen LogP contribution is 2.27. The van der Waals surface area contributed by atoms with Gasteiger partial charge in [-0.2, -0.15) is 0 Å². The second-order valence-electron chi connectivity index (χ2n) is 5.89. The molecular weight excluding hydrogens is 242 g/mol. The Morgan fingerprint density at radius 3 is 1.60 bits per heavy atom. The van der Waals surface area contributed by atoms with Crippen LogP contribution in [-0.2, 0) is 0 Å². The molecule has 0 aliphatic carbocycles. The zero-order valence-corrected chi connectivity index (χ0v) is 12.7. The van der Waals surface area contributed by atoms with Crippen molar-refractivity contribution in [2.75, 3.05) is 6.54 Å². The number of hydrogen-bond donors (Lipinski definition) is 1. The van der Waals surface area contributed by atoms with Gasteiger partial charge in [-0.25, -0.2) is 0 Å². The lowest BCUT2D eigenvalue weighted by molar-refractivity contribution is 0.454. The summed E-state index contributed by atoms with van der Waals surface area (Å²) in [4.78, 5) is 0. The average molecular weight is 267 g/mol. The maximum Gasteiger partial charge on any atom is 0.0240 e. The van der Waals surface area contributed by atoms with E-state index in [1.807, 2.05) is 0 Å². The summed E-state index contributed by atoms with van der Waals surface area (Å²) in [5, 5.41) is 3.68. The molecule has 1 atom stereocenters. The minimum absolute atomic E-state index is 0.399. The molecule has 0 saturated heterocycles. The summed E-state index contributed by atoms with van der Waals surface area (Å²) in [5.41, 5.74) is 2.75. The normalized spacial score (nSPS) is 12.8. The van der Waals surface area contributed by atoms with E-state index in [1.54, 1.807) is 0 Å². The molecule has 0 saturated carbocycles. The highest BCUT2D eigenvalue weighted by molar-refractivity contribution is 5.34. The predicted octanol–water partition coefficient (Wildman–Crippen LogP) is 4.45. The monoisotopic (exact) mass is 267 g/mol. The smallest absolute Gasteiger partial charge is 0.0240 e. The molecule has 106 valence electrons. The van der Waals surface area contributed by atoms with Crippen molar-refractivity contribution in [3.63, 3.8) is 0 Å². The van der Waals surface area contributed by atoms with E-state index in [-0.39, 0.29) is 0 Å². The maximum absolute atomic E-state index is 3.68. The van der Waals surface area contributed by atoms with Gasteiger partial charge in [0.1, 0.15) is 0 Å². The van der Waals surface area contributed by atoms with Crippen molar-refractivity contribution >= 4 is 0 Å². The molecule has 0 aliphatic heterocycles. The maximum atomic E-state index is 3.68. The van der Waals surface area contributed by atoms with Crippen LogP contribution in [0.5, 0.6) is 0 Å². The van der Waals surface area contributed by atoms with Gasteiger partial charge in [-0.3, -0.25) is 0 Å². The molecule has 2 aromatic carbocycles. The molecule has 2 aromatic rings. The zero-order chi connectivity index (χ0) is 14.4. The summed E-state index contributed by atoms with van der Waals surface area (Å²) in [5.74, 6) is 1.07. The van der Waals surface area contributed by atoms with Crippen molar-refractivity contribution in [2.24, 2.45) is 5.92 Å². The van der Waals surface area contributed by atoms with Gasteiger partial charge in [0.15, 0.2) is 0 Å². The van der Waals surface area contributed by atoms with Crippen LogP contribution >= 0.6 is 0 Å². The van der Waals surface area contributed by atoms with Gasteiger partial charge >= 0.3 is 0 Å². The van der Waals surface area contributed by atoms with Crippen LogP contribution in [0.25, 0.3) is 0 Å². The van der Waals surface area contributed by atoms with Crippen molar-refractivity contribution in [2.45, 2.75) is 32.7 Å². The Labute approximate surface area is 123 Å². The number of rotatable bonds is 6. The number of hydrogen-bond acceptors (Lipinski definition) is 1. The van der Waals surface area contributed by atoms with Crippen LogP contribution in [0.3, 0.4) is 0 Å². The molecule has 1 nitrogen and oxygen atoms in total. The van der Waals surface area contributed by atoms with Crippen molar-refractivity contribution in [1.29, 1.82) is 0 Å². The van der Waals surface area contributed by atoms with Crippen LogP contribution in [-0.4, -0.2) is 12.6 Å². The Balaban J connectivity index is 2.25. The fourth-order valence-corrected chi connectivity index (χ4v) is 2.63. The predicted molar refractivity (Wildman–Crippen MR) is 87.0 cm³/mol. The third-order valence-corrected chi connectivity index (χ3v) is 3.67. The fourth-order valence-electron chi connectivity index (χ4n) is 2.63. The van der Waals surface area contributed by atoms with Gasteiger partial charge in [-0.15, -0.1) is 0 Å². The molecule has 0 fully saturated rings. The molecule has 20 heavy (non-hydrogen) atoms. The Hall–Kier alpha value is -1.60. The van der Waals surface area contributed by atoms with Crippen LogP contribution in [0.1, 0.15) is 37.8 Å². The first-order valence-electron chi connectivity index (χ1n) is 7.51.